The fraction of sp³-hybridized carbons (Fsp3) is 0.310. The number of amides is 2. The molecule has 35 heavy (non-hydrogen) atoms. The number of nitrogens with one attached hydrogen (secondary N) is 1. The van der Waals surface area contributed by atoms with E-state index in [1.807, 2.05) is 68.1 Å². The average molecular weight is 475 g/mol. The van der Waals surface area contributed by atoms with Crippen LogP contribution in [-0.2, 0) is 16.0 Å². The second kappa shape index (κ2) is 10.3. The Balaban J connectivity index is 1.60. The third-order valence-corrected chi connectivity index (χ3v) is 6.31. The molecule has 0 saturated carbocycles. The number of carbonyl (C=O) groups is 2. The first-order valence-electron chi connectivity index (χ1n) is 12.0. The highest BCUT2D eigenvalue weighted by Gasteiger charge is 2.33. The number of hydrogen-bond donors (Lipinski definition) is 1. The van der Waals surface area contributed by atoms with Crippen LogP contribution >= 0.6 is 0 Å². The number of halogens is 1. The maximum absolute atomic E-state index is 13.7. The lowest BCUT2D eigenvalue weighted by molar-refractivity contribution is -0.136. The number of rotatable bonds is 6. The molecular weight excluding hydrogens is 443 g/mol. The molecule has 0 fully saturated rings. The zero-order valence-corrected chi connectivity index (χ0v) is 20.5. The fourth-order valence-corrected chi connectivity index (χ4v) is 4.38. The van der Waals surface area contributed by atoms with Crippen LogP contribution in [0.25, 0.3) is 0 Å². The number of anilines is 1. The van der Waals surface area contributed by atoms with Gasteiger partial charge in [0.2, 0.25) is 5.91 Å². The standard InChI is InChI=1S/C29H31FN2O3/c1-18(2)29(34)32-16-15-21-9-14-25(17-26(21)27(32)22-7-10-23(30)11-8-22)35-20(4)28(33)31-24-12-5-19(3)6-13-24/h5-14,17-18,20,27H,15-16H2,1-4H3,(H,31,33). The van der Waals surface area contributed by atoms with Crippen molar-refractivity contribution in [1.29, 1.82) is 0 Å². The van der Waals surface area contributed by atoms with Crippen LogP contribution in [0.3, 0.4) is 0 Å². The third kappa shape index (κ3) is 5.53. The number of ether oxygens (including phenoxy) is 1. The van der Waals surface area contributed by atoms with E-state index in [1.165, 1.54) is 12.1 Å². The number of benzene rings is 3. The minimum atomic E-state index is -0.726. The molecular formula is C29H31FN2O3. The van der Waals surface area contributed by atoms with Crippen molar-refractivity contribution in [3.05, 3.63) is 94.8 Å². The van der Waals surface area contributed by atoms with E-state index in [4.69, 9.17) is 4.74 Å². The second-order valence-electron chi connectivity index (χ2n) is 9.37. The summed E-state index contributed by atoms with van der Waals surface area (Å²) in [7, 11) is 0. The number of carbonyl (C=O) groups excluding carboxylic acids is 2. The Morgan fingerprint density at radius 3 is 2.34 bits per heavy atom. The molecule has 4 rings (SSSR count). The summed E-state index contributed by atoms with van der Waals surface area (Å²) in [6.07, 6.45) is -0.00879. The highest BCUT2D eigenvalue weighted by Crippen LogP contribution is 2.38. The van der Waals surface area contributed by atoms with Gasteiger partial charge in [-0.1, -0.05) is 49.7 Å². The number of hydrogen-bond acceptors (Lipinski definition) is 3. The first kappa shape index (κ1) is 24.5. The van der Waals surface area contributed by atoms with Gasteiger partial charge >= 0.3 is 0 Å². The molecule has 3 aromatic rings. The summed E-state index contributed by atoms with van der Waals surface area (Å²) in [6, 6.07) is 19.3. The average Bonchev–Trinajstić information content (AvgIpc) is 2.84. The van der Waals surface area contributed by atoms with Crippen LogP contribution in [-0.4, -0.2) is 29.4 Å². The largest absolute Gasteiger partial charge is 0.481 e. The lowest BCUT2D eigenvalue weighted by atomic mass is 9.87. The Morgan fingerprint density at radius 1 is 1.00 bits per heavy atom. The molecule has 2 amide bonds. The van der Waals surface area contributed by atoms with Gasteiger partial charge in [-0.05, 0) is 73.4 Å². The van der Waals surface area contributed by atoms with Gasteiger partial charge in [-0.2, -0.15) is 0 Å². The monoisotopic (exact) mass is 474 g/mol. The van der Waals surface area contributed by atoms with Gasteiger partial charge in [0.1, 0.15) is 11.6 Å². The van der Waals surface area contributed by atoms with Gasteiger partial charge in [0.05, 0.1) is 6.04 Å². The maximum atomic E-state index is 13.7. The van der Waals surface area contributed by atoms with Crippen LogP contribution < -0.4 is 10.1 Å². The van der Waals surface area contributed by atoms with E-state index < -0.39 is 6.10 Å². The van der Waals surface area contributed by atoms with Crippen LogP contribution in [0.5, 0.6) is 5.75 Å². The zero-order chi connectivity index (χ0) is 25.1. The molecule has 0 aromatic heterocycles. The zero-order valence-electron chi connectivity index (χ0n) is 20.5. The first-order chi connectivity index (χ1) is 16.7. The van der Waals surface area contributed by atoms with Gasteiger partial charge in [0.15, 0.2) is 6.10 Å². The highest BCUT2D eigenvalue weighted by molar-refractivity contribution is 5.94. The van der Waals surface area contributed by atoms with E-state index >= 15 is 0 Å². The van der Waals surface area contributed by atoms with E-state index in [-0.39, 0.29) is 29.6 Å². The van der Waals surface area contributed by atoms with Gasteiger partial charge in [-0.3, -0.25) is 9.59 Å². The van der Waals surface area contributed by atoms with E-state index in [1.54, 1.807) is 19.1 Å². The molecule has 2 atom stereocenters. The molecule has 5 nitrogen and oxygen atoms in total. The van der Waals surface area contributed by atoms with Crippen LogP contribution in [0.15, 0.2) is 66.7 Å². The summed E-state index contributed by atoms with van der Waals surface area (Å²) in [6.45, 7) is 8.04. The molecule has 6 heteroatoms. The fourth-order valence-electron chi connectivity index (χ4n) is 4.38. The van der Waals surface area contributed by atoms with Crippen LogP contribution in [0.4, 0.5) is 10.1 Å². The van der Waals surface area contributed by atoms with Crippen molar-refractivity contribution in [2.24, 2.45) is 5.92 Å². The predicted molar refractivity (Wildman–Crippen MR) is 135 cm³/mol. The smallest absolute Gasteiger partial charge is 0.265 e. The number of fused-ring (bicyclic) bond motifs is 1. The van der Waals surface area contributed by atoms with E-state index in [0.29, 0.717) is 18.0 Å². The Labute approximate surface area is 205 Å². The molecule has 1 aliphatic rings. The summed E-state index contributed by atoms with van der Waals surface area (Å²) in [4.78, 5) is 27.6. The molecule has 2 unspecified atom stereocenters. The molecule has 0 spiro atoms. The molecule has 0 radical (unpaired) electrons. The topological polar surface area (TPSA) is 58.6 Å². The molecule has 0 saturated heterocycles. The van der Waals surface area contributed by atoms with Crippen molar-refractivity contribution in [3.63, 3.8) is 0 Å². The van der Waals surface area contributed by atoms with Crippen LogP contribution in [0, 0.1) is 18.7 Å². The third-order valence-electron chi connectivity index (χ3n) is 6.31. The molecule has 1 heterocycles. The van der Waals surface area contributed by atoms with Gasteiger partial charge in [-0.15, -0.1) is 0 Å². The van der Waals surface area contributed by atoms with Crippen LogP contribution in [0.2, 0.25) is 0 Å². The van der Waals surface area contributed by atoms with E-state index in [0.717, 1.165) is 28.7 Å². The lowest BCUT2D eigenvalue weighted by Crippen LogP contribution is -2.42. The first-order valence-corrected chi connectivity index (χ1v) is 12.0. The Kier molecular flexibility index (Phi) is 7.20. The summed E-state index contributed by atoms with van der Waals surface area (Å²) in [5.74, 6) is -0.150. The maximum Gasteiger partial charge on any atom is 0.265 e. The SMILES string of the molecule is Cc1ccc(NC(=O)C(C)Oc2ccc3c(c2)C(c2ccc(F)cc2)N(C(=O)C(C)C)CC3)cc1. The number of aryl methyl sites for hydroxylation is 1. The van der Waals surface area contributed by atoms with Gasteiger partial charge < -0.3 is 15.0 Å². The minimum absolute atomic E-state index is 0.0436. The van der Waals surface area contributed by atoms with Gasteiger partial charge in [0, 0.05) is 18.2 Å². The Morgan fingerprint density at radius 2 is 1.69 bits per heavy atom. The van der Waals surface area contributed by atoms with E-state index in [2.05, 4.69) is 5.32 Å². The van der Waals surface area contributed by atoms with Crippen molar-refractivity contribution in [3.8, 4) is 5.75 Å². The van der Waals surface area contributed by atoms with Gasteiger partial charge in [-0.25, -0.2) is 4.39 Å². The van der Waals surface area contributed by atoms with Crippen molar-refractivity contribution in [2.75, 3.05) is 11.9 Å². The van der Waals surface area contributed by atoms with Crippen molar-refractivity contribution in [1.82, 2.24) is 4.90 Å². The van der Waals surface area contributed by atoms with E-state index in [9.17, 15) is 14.0 Å². The molecule has 1 N–H and O–H groups in total. The second-order valence-corrected chi connectivity index (χ2v) is 9.37. The molecule has 182 valence electrons. The molecule has 1 aliphatic heterocycles. The van der Waals surface area contributed by atoms with Gasteiger partial charge in [0.25, 0.3) is 5.91 Å². The lowest BCUT2D eigenvalue weighted by Gasteiger charge is -2.39. The minimum Gasteiger partial charge on any atom is -0.481 e. The Bertz CT molecular complexity index is 1210. The molecule has 0 aliphatic carbocycles. The predicted octanol–water partition coefficient (Wildman–Crippen LogP) is 5.67. The quantitative estimate of drug-likeness (QED) is 0.501. The Hall–Kier alpha value is -3.67. The van der Waals surface area contributed by atoms with Crippen LogP contribution in [0.1, 0.15) is 49.1 Å². The summed E-state index contributed by atoms with van der Waals surface area (Å²) >= 11 is 0. The van der Waals surface area contributed by atoms with Crippen molar-refractivity contribution >= 4 is 17.5 Å². The highest BCUT2D eigenvalue weighted by atomic mass is 19.1. The van der Waals surface area contributed by atoms with Crippen molar-refractivity contribution in [2.45, 2.75) is 46.3 Å². The molecule has 0 bridgehead atoms. The summed E-state index contributed by atoms with van der Waals surface area (Å²) in [5, 5.41) is 2.87. The normalized spacial score (nSPS) is 15.9. The summed E-state index contributed by atoms with van der Waals surface area (Å²) < 4.78 is 19.7. The molecule has 3 aromatic carbocycles. The summed E-state index contributed by atoms with van der Waals surface area (Å²) in [5.41, 5.74) is 4.70. The number of nitrogens with zero attached hydrogens (tertiary/aromatic N) is 1. The van der Waals surface area contributed by atoms with Crippen molar-refractivity contribution < 1.29 is 18.7 Å².